The first kappa shape index (κ1) is 22.9. The van der Waals surface area contributed by atoms with Crippen molar-refractivity contribution in [3.8, 4) is 11.5 Å². The van der Waals surface area contributed by atoms with E-state index < -0.39 is 34.5 Å². The smallest absolute Gasteiger partial charge is 0.348 e. The molecule has 0 aliphatic carbocycles. The molecule has 0 spiro atoms. The summed E-state index contributed by atoms with van der Waals surface area (Å²) in [6.07, 6.45) is -1.02. The fourth-order valence-corrected chi connectivity index (χ4v) is 4.54. The number of carbonyl (C=O) groups excluding carboxylic acids is 2. The molecule has 0 bridgehead atoms. The van der Waals surface area contributed by atoms with E-state index in [2.05, 4.69) is 0 Å². The van der Waals surface area contributed by atoms with Gasteiger partial charge in [-0.2, -0.15) is 4.31 Å². The van der Waals surface area contributed by atoms with Crippen molar-refractivity contribution in [2.24, 2.45) is 0 Å². The summed E-state index contributed by atoms with van der Waals surface area (Å²) < 4.78 is 42.1. The number of fused-ring (bicyclic) bond motifs is 1. The second-order valence-corrected chi connectivity index (χ2v) is 9.11. The molecule has 2 aromatic carbocycles. The number of esters is 1. The molecule has 0 aromatic heterocycles. The van der Waals surface area contributed by atoms with Crippen molar-refractivity contribution in [3.63, 3.8) is 0 Å². The van der Waals surface area contributed by atoms with Crippen molar-refractivity contribution in [1.29, 1.82) is 0 Å². The zero-order valence-corrected chi connectivity index (χ0v) is 18.6. The first-order valence-electron chi connectivity index (χ1n) is 9.12. The summed E-state index contributed by atoms with van der Waals surface area (Å²) in [5, 5.41) is 0.131. The van der Waals surface area contributed by atoms with Gasteiger partial charge in [-0.1, -0.05) is 23.7 Å². The number of sulfonamides is 1. The Hall–Kier alpha value is -2.82. The van der Waals surface area contributed by atoms with E-state index in [4.69, 9.17) is 25.8 Å². The fourth-order valence-electron chi connectivity index (χ4n) is 3.07. The molecule has 9 nitrogen and oxygen atoms in total. The predicted octanol–water partition coefficient (Wildman–Crippen LogP) is 1.94. The van der Waals surface area contributed by atoms with Gasteiger partial charge < -0.3 is 19.1 Å². The third-order valence-corrected chi connectivity index (χ3v) is 6.82. The van der Waals surface area contributed by atoms with Crippen LogP contribution in [0.15, 0.2) is 47.4 Å². The number of hydrogen-bond acceptors (Lipinski definition) is 7. The first-order valence-corrected chi connectivity index (χ1v) is 10.9. The Kier molecular flexibility index (Phi) is 6.73. The molecule has 1 amide bonds. The zero-order chi connectivity index (χ0) is 22.8. The average molecular weight is 469 g/mol. The van der Waals surface area contributed by atoms with E-state index >= 15 is 0 Å². The Morgan fingerprint density at radius 3 is 2.58 bits per heavy atom. The van der Waals surface area contributed by atoms with Crippen LogP contribution in [-0.4, -0.2) is 65.1 Å². The number of benzene rings is 2. The minimum Gasteiger partial charge on any atom is -0.495 e. The van der Waals surface area contributed by atoms with Crippen molar-refractivity contribution in [1.82, 2.24) is 4.31 Å². The molecule has 11 heteroatoms. The number of anilines is 1. The normalized spacial score (nSPS) is 15.8. The Morgan fingerprint density at radius 2 is 1.94 bits per heavy atom. The molecule has 0 N–H and O–H groups in total. The van der Waals surface area contributed by atoms with Gasteiger partial charge in [0.05, 0.1) is 42.9 Å². The van der Waals surface area contributed by atoms with Crippen molar-refractivity contribution >= 4 is 39.2 Å². The lowest BCUT2D eigenvalue weighted by atomic mass is 10.2. The van der Waals surface area contributed by atoms with Crippen LogP contribution in [0.3, 0.4) is 0 Å². The number of hydrogen-bond donors (Lipinski definition) is 0. The second kappa shape index (κ2) is 9.13. The molecule has 1 aliphatic rings. The molecule has 31 heavy (non-hydrogen) atoms. The van der Waals surface area contributed by atoms with E-state index in [0.29, 0.717) is 17.2 Å². The lowest BCUT2D eigenvalue weighted by molar-refractivity contribution is -0.148. The highest BCUT2D eigenvalue weighted by Gasteiger charge is 2.35. The molecule has 0 fully saturated rings. The number of likely N-dealkylation sites (N-methyl/N-ethyl adjacent to an activating group) is 1. The van der Waals surface area contributed by atoms with Crippen molar-refractivity contribution in [3.05, 3.63) is 47.5 Å². The Labute approximate surface area is 185 Å². The third-order valence-electron chi connectivity index (χ3n) is 4.73. The molecular weight excluding hydrogens is 448 g/mol. The van der Waals surface area contributed by atoms with Crippen LogP contribution < -0.4 is 14.4 Å². The largest absolute Gasteiger partial charge is 0.495 e. The van der Waals surface area contributed by atoms with Gasteiger partial charge in [0.1, 0.15) is 11.5 Å². The molecule has 2 aromatic rings. The number of rotatable bonds is 6. The summed E-state index contributed by atoms with van der Waals surface area (Å²) in [6.45, 7) is -0.570. The number of methoxy groups -OCH3 is 2. The van der Waals surface area contributed by atoms with Gasteiger partial charge in [-0.25, -0.2) is 13.2 Å². The number of carbonyl (C=O) groups is 2. The number of ether oxygens (including phenoxy) is 3. The van der Waals surface area contributed by atoms with Gasteiger partial charge in [0, 0.05) is 7.05 Å². The van der Waals surface area contributed by atoms with Gasteiger partial charge in [-0.05, 0) is 30.3 Å². The molecule has 1 heterocycles. The summed E-state index contributed by atoms with van der Waals surface area (Å²) in [4.78, 5) is 26.3. The Bertz CT molecular complexity index is 1110. The highest BCUT2D eigenvalue weighted by Crippen LogP contribution is 2.34. The lowest BCUT2D eigenvalue weighted by Crippen LogP contribution is -2.50. The molecular formula is C20H21ClN2O7S. The summed E-state index contributed by atoms with van der Waals surface area (Å²) in [6, 6.07) is 10.7. The van der Waals surface area contributed by atoms with E-state index in [-0.39, 0.29) is 16.5 Å². The second-order valence-electron chi connectivity index (χ2n) is 6.66. The summed E-state index contributed by atoms with van der Waals surface area (Å²) in [5.41, 5.74) is 0.436. The van der Waals surface area contributed by atoms with E-state index in [1.54, 1.807) is 24.3 Å². The number of amides is 1. The van der Waals surface area contributed by atoms with Crippen molar-refractivity contribution in [2.75, 3.05) is 39.3 Å². The van der Waals surface area contributed by atoms with E-state index in [0.717, 1.165) is 4.31 Å². The molecule has 0 saturated heterocycles. The Morgan fingerprint density at radius 1 is 1.23 bits per heavy atom. The van der Waals surface area contributed by atoms with Crippen molar-refractivity contribution in [2.45, 2.75) is 11.0 Å². The van der Waals surface area contributed by atoms with Crippen LogP contribution in [-0.2, 0) is 24.3 Å². The highest BCUT2D eigenvalue weighted by molar-refractivity contribution is 7.89. The van der Waals surface area contributed by atoms with Crippen LogP contribution in [0.1, 0.15) is 0 Å². The first-order chi connectivity index (χ1) is 14.7. The quantitative estimate of drug-likeness (QED) is 0.597. The Balaban J connectivity index is 1.84. The molecule has 0 saturated carbocycles. The van der Waals surface area contributed by atoms with E-state index in [1.807, 2.05) is 0 Å². The van der Waals surface area contributed by atoms with Gasteiger partial charge in [0.25, 0.3) is 0 Å². The maximum absolute atomic E-state index is 13.0. The molecule has 1 atom stereocenters. The zero-order valence-electron chi connectivity index (χ0n) is 17.1. The average Bonchev–Trinajstić information content (AvgIpc) is 2.77. The highest BCUT2D eigenvalue weighted by atomic mass is 35.5. The lowest BCUT2D eigenvalue weighted by Gasteiger charge is -2.34. The van der Waals surface area contributed by atoms with Crippen LogP contribution in [0.25, 0.3) is 0 Å². The van der Waals surface area contributed by atoms with Gasteiger partial charge in [-0.3, -0.25) is 4.79 Å². The number of para-hydroxylation sites is 2. The van der Waals surface area contributed by atoms with Gasteiger partial charge >= 0.3 is 5.97 Å². The molecule has 3 rings (SSSR count). The van der Waals surface area contributed by atoms with Gasteiger partial charge in [0.15, 0.2) is 0 Å². The van der Waals surface area contributed by atoms with Gasteiger partial charge in [-0.15, -0.1) is 0 Å². The summed E-state index contributed by atoms with van der Waals surface area (Å²) >= 11 is 6.04. The number of nitrogens with zero attached hydrogens (tertiary/aromatic N) is 2. The van der Waals surface area contributed by atoms with E-state index in [9.17, 15) is 18.0 Å². The van der Waals surface area contributed by atoms with Crippen LogP contribution in [0.4, 0.5) is 5.69 Å². The standard InChI is InChI=1S/C20H21ClN2O7S/c1-22(31(26,27)13-8-9-16(28-2)14(21)10-13)12-19(24)23-11-18(20(25)29-3)30-17-7-5-4-6-15(17)23/h4-10,18H,11-12H2,1-3H3/t18-/m0/s1. The molecule has 1 aliphatic heterocycles. The molecule has 0 radical (unpaired) electrons. The summed E-state index contributed by atoms with van der Waals surface area (Å²) in [5.74, 6) is -0.514. The molecule has 166 valence electrons. The van der Waals surface area contributed by atoms with E-state index in [1.165, 1.54) is 44.4 Å². The third kappa shape index (κ3) is 4.60. The maximum atomic E-state index is 13.0. The fraction of sp³-hybridized carbons (Fsp3) is 0.300. The van der Waals surface area contributed by atoms with Gasteiger partial charge in [0.2, 0.25) is 22.0 Å². The minimum atomic E-state index is -4.01. The number of halogens is 1. The maximum Gasteiger partial charge on any atom is 0.348 e. The van der Waals surface area contributed by atoms with Crippen LogP contribution >= 0.6 is 11.6 Å². The molecule has 0 unspecified atom stereocenters. The van der Waals surface area contributed by atoms with Crippen molar-refractivity contribution < 1.29 is 32.2 Å². The minimum absolute atomic E-state index is 0.0802. The van der Waals surface area contributed by atoms with Crippen LogP contribution in [0, 0.1) is 0 Å². The summed E-state index contributed by atoms with van der Waals surface area (Å²) in [7, 11) is -0.0824. The predicted molar refractivity (Wildman–Crippen MR) is 113 cm³/mol. The topological polar surface area (TPSA) is 102 Å². The SMILES string of the molecule is COC(=O)[C@@H]1CN(C(=O)CN(C)S(=O)(=O)c2ccc(OC)c(Cl)c2)c2ccccc2O1. The van der Waals surface area contributed by atoms with Crippen LogP contribution in [0.5, 0.6) is 11.5 Å². The monoisotopic (exact) mass is 468 g/mol. The van der Waals surface area contributed by atoms with Crippen LogP contribution in [0.2, 0.25) is 5.02 Å².